The maximum absolute atomic E-state index is 10.2. The van der Waals surface area contributed by atoms with Gasteiger partial charge in [-0.05, 0) is 104 Å². The molecule has 0 unspecified atom stereocenters. The molecule has 4 aliphatic carbocycles. The molecule has 0 spiro atoms. The normalized spacial score (nSPS) is 47.0. The standard InChI is InChI=1S/C27H46O/c1-7-25(3,4)17-18(2)22-10-11-23-21-9-8-19-16-20(28)12-14-26(19,5)24(21)13-15-27(22,23)6/h8,18,20-24,28H,7,9-17H2,1-6H3/t18-,20-,21-,22+,23-,24-,26-,27-/m0/s1. The van der Waals surface area contributed by atoms with Gasteiger partial charge in [-0.1, -0.05) is 59.6 Å². The topological polar surface area (TPSA) is 20.2 Å². The van der Waals surface area contributed by atoms with Gasteiger partial charge in [0.25, 0.3) is 0 Å². The summed E-state index contributed by atoms with van der Waals surface area (Å²) in [6, 6.07) is 0. The summed E-state index contributed by atoms with van der Waals surface area (Å²) >= 11 is 0. The molecule has 0 heterocycles. The van der Waals surface area contributed by atoms with E-state index in [0.29, 0.717) is 16.2 Å². The third-order valence-electron chi connectivity index (χ3n) is 10.7. The van der Waals surface area contributed by atoms with Crippen LogP contribution in [0.2, 0.25) is 0 Å². The molecule has 1 nitrogen and oxygen atoms in total. The van der Waals surface area contributed by atoms with Crippen molar-refractivity contribution in [1.82, 2.24) is 0 Å². The van der Waals surface area contributed by atoms with Crippen LogP contribution in [0, 0.1) is 45.8 Å². The van der Waals surface area contributed by atoms with Crippen molar-refractivity contribution in [3.8, 4) is 0 Å². The Morgan fingerprint density at radius 2 is 1.86 bits per heavy atom. The van der Waals surface area contributed by atoms with Gasteiger partial charge in [-0.15, -0.1) is 0 Å². The lowest BCUT2D eigenvalue weighted by Crippen LogP contribution is -2.51. The van der Waals surface area contributed by atoms with Crippen LogP contribution < -0.4 is 0 Å². The van der Waals surface area contributed by atoms with E-state index in [1.54, 1.807) is 5.57 Å². The van der Waals surface area contributed by atoms with Gasteiger partial charge in [0.2, 0.25) is 0 Å². The zero-order chi connectivity index (χ0) is 20.3. The average Bonchev–Trinajstić information content (AvgIpc) is 2.99. The summed E-state index contributed by atoms with van der Waals surface area (Å²) in [4.78, 5) is 0. The van der Waals surface area contributed by atoms with Crippen molar-refractivity contribution in [2.75, 3.05) is 0 Å². The summed E-state index contributed by atoms with van der Waals surface area (Å²) < 4.78 is 0. The highest BCUT2D eigenvalue weighted by Gasteiger charge is 2.59. The molecule has 4 rings (SSSR count). The average molecular weight is 387 g/mol. The quantitative estimate of drug-likeness (QED) is 0.499. The van der Waals surface area contributed by atoms with Crippen molar-refractivity contribution in [3.63, 3.8) is 0 Å². The Labute approximate surface area is 174 Å². The lowest BCUT2D eigenvalue weighted by molar-refractivity contribution is -0.0591. The van der Waals surface area contributed by atoms with Gasteiger partial charge in [0.05, 0.1) is 6.10 Å². The summed E-state index contributed by atoms with van der Waals surface area (Å²) in [5.74, 6) is 4.50. The Morgan fingerprint density at radius 1 is 1.11 bits per heavy atom. The van der Waals surface area contributed by atoms with Crippen molar-refractivity contribution in [2.45, 2.75) is 112 Å². The molecule has 0 aliphatic heterocycles. The fourth-order valence-corrected chi connectivity index (χ4v) is 8.78. The molecule has 0 aromatic carbocycles. The first kappa shape index (κ1) is 21.0. The molecular formula is C27H46O. The summed E-state index contributed by atoms with van der Waals surface area (Å²) in [5.41, 5.74) is 3.06. The summed E-state index contributed by atoms with van der Waals surface area (Å²) in [6.45, 7) is 15.1. The zero-order valence-electron chi connectivity index (χ0n) is 19.6. The van der Waals surface area contributed by atoms with Crippen LogP contribution >= 0.6 is 0 Å². The highest BCUT2D eigenvalue weighted by atomic mass is 16.3. The van der Waals surface area contributed by atoms with Gasteiger partial charge in [-0.3, -0.25) is 0 Å². The molecule has 3 fully saturated rings. The Morgan fingerprint density at radius 3 is 2.57 bits per heavy atom. The van der Waals surface area contributed by atoms with Crippen LogP contribution in [0.3, 0.4) is 0 Å². The number of hydrogen-bond acceptors (Lipinski definition) is 1. The zero-order valence-corrected chi connectivity index (χ0v) is 19.6. The SMILES string of the molecule is CCC(C)(C)C[C@H](C)[C@H]1CC[C@H]2[C@@H]3CC=C4C[C@@H](O)CC[C@]4(C)[C@H]3CC[C@@]12C. The molecular weight excluding hydrogens is 340 g/mol. The molecule has 0 bridgehead atoms. The van der Waals surface area contributed by atoms with Gasteiger partial charge in [0.15, 0.2) is 0 Å². The first-order chi connectivity index (χ1) is 13.1. The van der Waals surface area contributed by atoms with Crippen LogP contribution in [0.4, 0.5) is 0 Å². The van der Waals surface area contributed by atoms with E-state index in [1.807, 2.05) is 0 Å². The fraction of sp³-hybridized carbons (Fsp3) is 0.926. The van der Waals surface area contributed by atoms with Crippen molar-refractivity contribution < 1.29 is 5.11 Å². The van der Waals surface area contributed by atoms with E-state index in [1.165, 1.54) is 51.4 Å². The van der Waals surface area contributed by atoms with E-state index in [0.717, 1.165) is 42.4 Å². The van der Waals surface area contributed by atoms with Crippen LogP contribution in [0.25, 0.3) is 0 Å². The Bertz CT molecular complexity index is 618. The molecule has 1 N–H and O–H groups in total. The van der Waals surface area contributed by atoms with Crippen LogP contribution in [-0.4, -0.2) is 11.2 Å². The number of aliphatic hydroxyl groups is 1. The number of aliphatic hydroxyl groups excluding tert-OH is 1. The maximum atomic E-state index is 10.2. The summed E-state index contributed by atoms with van der Waals surface area (Å²) in [7, 11) is 0. The molecule has 1 heteroatoms. The van der Waals surface area contributed by atoms with Gasteiger partial charge in [0, 0.05) is 0 Å². The lowest BCUT2D eigenvalue weighted by Gasteiger charge is -2.58. The molecule has 0 saturated heterocycles. The molecule has 160 valence electrons. The predicted molar refractivity (Wildman–Crippen MR) is 119 cm³/mol. The second-order valence-electron chi connectivity index (χ2n) is 12.6. The summed E-state index contributed by atoms with van der Waals surface area (Å²) in [6.07, 6.45) is 15.5. The third-order valence-corrected chi connectivity index (χ3v) is 10.7. The first-order valence-corrected chi connectivity index (χ1v) is 12.5. The molecule has 4 aliphatic rings. The second kappa shape index (κ2) is 7.14. The van der Waals surface area contributed by atoms with E-state index < -0.39 is 0 Å². The highest BCUT2D eigenvalue weighted by Crippen LogP contribution is 2.67. The van der Waals surface area contributed by atoms with E-state index in [4.69, 9.17) is 0 Å². The molecule has 0 amide bonds. The predicted octanol–water partition coefficient (Wildman–Crippen LogP) is 7.39. The van der Waals surface area contributed by atoms with Crippen molar-refractivity contribution in [2.24, 2.45) is 45.8 Å². The molecule has 0 aromatic heterocycles. The molecule has 28 heavy (non-hydrogen) atoms. The first-order valence-electron chi connectivity index (χ1n) is 12.5. The van der Waals surface area contributed by atoms with E-state index >= 15 is 0 Å². The third kappa shape index (κ3) is 3.23. The largest absolute Gasteiger partial charge is 0.393 e. The van der Waals surface area contributed by atoms with Gasteiger partial charge in [-0.2, -0.15) is 0 Å². The minimum Gasteiger partial charge on any atom is -0.393 e. The van der Waals surface area contributed by atoms with Gasteiger partial charge in [0.1, 0.15) is 0 Å². The fourth-order valence-electron chi connectivity index (χ4n) is 8.78. The smallest absolute Gasteiger partial charge is 0.0577 e. The Balaban J connectivity index is 1.55. The number of rotatable bonds is 4. The molecule has 0 aromatic rings. The maximum Gasteiger partial charge on any atom is 0.0577 e. The molecule has 3 saturated carbocycles. The number of hydrogen-bond donors (Lipinski definition) is 1. The van der Waals surface area contributed by atoms with Crippen LogP contribution in [-0.2, 0) is 0 Å². The minimum atomic E-state index is -0.0802. The number of fused-ring (bicyclic) bond motifs is 5. The minimum absolute atomic E-state index is 0.0802. The molecule has 0 radical (unpaired) electrons. The van der Waals surface area contributed by atoms with E-state index in [2.05, 4.69) is 47.6 Å². The van der Waals surface area contributed by atoms with E-state index in [-0.39, 0.29) is 6.10 Å². The van der Waals surface area contributed by atoms with Gasteiger partial charge < -0.3 is 5.11 Å². The summed E-state index contributed by atoms with van der Waals surface area (Å²) in [5, 5.41) is 10.2. The van der Waals surface area contributed by atoms with Crippen LogP contribution in [0.15, 0.2) is 11.6 Å². The van der Waals surface area contributed by atoms with Gasteiger partial charge in [-0.25, -0.2) is 0 Å². The Kier molecular flexibility index (Phi) is 5.34. The van der Waals surface area contributed by atoms with E-state index in [9.17, 15) is 5.11 Å². The molecule has 8 atom stereocenters. The van der Waals surface area contributed by atoms with Gasteiger partial charge >= 0.3 is 0 Å². The highest BCUT2D eigenvalue weighted by molar-refractivity contribution is 5.25. The van der Waals surface area contributed by atoms with Crippen molar-refractivity contribution >= 4 is 0 Å². The van der Waals surface area contributed by atoms with Crippen molar-refractivity contribution in [3.05, 3.63) is 11.6 Å². The Hall–Kier alpha value is -0.300. The van der Waals surface area contributed by atoms with Crippen LogP contribution in [0.5, 0.6) is 0 Å². The lowest BCUT2D eigenvalue weighted by atomic mass is 9.47. The van der Waals surface area contributed by atoms with Crippen LogP contribution in [0.1, 0.15) is 106 Å². The second-order valence-corrected chi connectivity index (χ2v) is 12.6. The monoisotopic (exact) mass is 386 g/mol. The number of allylic oxidation sites excluding steroid dienone is 1. The van der Waals surface area contributed by atoms with Crippen molar-refractivity contribution in [1.29, 1.82) is 0 Å².